The van der Waals surface area contributed by atoms with E-state index >= 15 is 0 Å². The first-order valence-electron chi connectivity index (χ1n) is 7.78. The fraction of sp³-hybridized carbons (Fsp3) is 0.368. The highest BCUT2D eigenvalue weighted by molar-refractivity contribution is 5.36. The van der Waals surface area contributed by atoms with Gasteiger partial charge in [0.2, 0.25) is 0 Å². The predicted molar refractivity (Wildman–Crippen MR) is 88.2 cm³/mol. The van der Waals surface area contributed by atoms with E-state index in [1.807, 2.05) is 12.1 Å². The normalized spacial score (nSPS) is 11.5. The summed E-state index contributed by atoms with van der Waals surface area (Å²) in [6.07, 6.45) is 2.97. The van der Waals surface area contributed by atoms with Crippen LogP contribution < -0.4 is 5.73 Å². The summed E-state index contributed by atoms with van der Waals surface area (Å²) in [5, 5.41) is 0. The van der Waals surface area contributed by atoms with Crippen molar-refractivity contribution >= 4 is 0 Å². The first-order chi connectivity index (χ1) is 10.3. The van der Waals surface area contributed by atoms with Crippen molar-refractivity contribution in [1.82, 2.24) is 0 Å². The fourth-order valence-corrected chi connectivity index (χ4v) is 2.70. The quantitative estimate of drug-likeness (QED) is 0.740. The van der Waals surface area contributed by atoms with Crippen molar-refractivity contribution < 1.29 is 4.74 Å². The zero-order chi connectivity index (χ0) is 15.0. The van der Waals surface area contributed by atoms with E-state index in [0.29, 0.717) is 6.54 Å². The second-order valence-corrected chi connectivity index (χ2v) is 5.30. The zero-order valence-corrected chi connectivity index (χ0v) is 12.8. The van der Waals surface area contributed by atoms with Gasteiger partial charge >= 0.3 is 0 Å². The van der Waals surface area contributed by atoms with Crippen LogP contribution in [0.25, 0.3) is 0 Å². The van der Waals surface area contributed by atoms with E-state index in [1.165, 1.54) is 11.1 Å². The van der Waals surface area contributed by atoms with Crippen LogP contribution in [0.1, 0.15) is 37.3 Å². The minimum Gasteiger partial charge on any atom is -0.365 e. The molecule has 0 heterocycles. The highest BCUT2D eigenvalue weighted by atomic mass is 16.5. The Hall–Kier alpha value is -1.64. The van der Waals surface area contributed by atoms with E-state index in [9.17, 15) is 0 Å². The molecular formula is C19H25NO. The lowest BCUT2D eigenvalue weighted by atomic mass is 9.83. The molecule has 0 saturated carbocycles. The summed E-state index contributed by atoms with van der Waals surface area (Å²) in [6, 6.07) is 20.9. The molecule has 0 saturated heterocycles. The van der Waals surface area contributed by atoms with Gasteiger partial charge in [0, 0.05) is 6.61 Å². The topological polar surface area (TPSA) is 35.2 Å². The number of hydrogen-bond donors (Lipinski definition) is 1. The number of nitrogens with two attached hydrogens (primary N) is 1. The standard InChI is InChI=1S/C19H25NO/c1-2-3-16-21-19(14-15-20,17-10-6-4-7-11-17)18-12-8-5-9-13-18/h4-13H,2-3,14-16,20H2,1H3. The van der Waals surface area contributed by atoms with Crippen LogP contribution in [0, 0.1) is 0 Å². The van der Waals surface area contributed by atoms with Gasteiger partial charge in [-0.1, -0.05) is 74.0 Å². The minimum atomic E-state index is -0.438. The number of rotatable bonds is 8. The molecule has 2 heteroatoms. The molecule has 0 aliphatic heterocycles. The number of ether oxygens (including phenoxy) is 1. The van der Waals surface area contributed by atoms with Gasteiger partial charge in [0.15, 0.2) is 0 Å². The van der Waals surface area contributed by atoms with Gasteiger partial charge in [0.1, 0.15) is 5.60 Å². The summed E-state index contributed by atoms with van der Waals surface area (Å²) in [5.74, 6) is 0. The third-order valence-corrected chi connectivity index (χ3v) is 3.82. The zero-order valence-electron chi connectivity index (χ0n) is 12.8. The number of hydrogen-bond acceptors (Lipinski definition) is 2. The lowest BCUT2D eigenvalue weighted by Crippen LogP contribution is -2.34. The molecule has 0 unspecified atom stereocenters. The molecule has 0 spiro atoms. The second kappa shape index (κ2) is 7.96. The first-order valence-corrected chi connectivity index (χ1v) is 7.78. The molecule has 0 atom stereocenters. The molecule has 0 aliphatic carbocycles. The highest BCUT2D eigenvalue weighted by Crippen LogP contribution is 2.36. The summed E-state index contributed by atoms with van der Waals surface area (Å²) in [6.45, 7) is 3.52. The smallest absolute Gasteiger partial charge is 0.119 e. The molecule has 0 aliphatic rings. The van der Waals surface area contributed by atoms with Crippen molar-refractivity contribution in [3.05, 3.63) is 71.8 Å². The molecule has 2 nitrogen and oxygen atoms in total. The molecule has 0 fully saturated rings. The Balaban J connectivity index is 2.44. The lowest BCUT2D eigenvalue weighted by Gasteiger charge is -2.35. The molecule has 2 N–H and O–H groups in total. The van der Waals surface area contributed by atoms with Crippen molar-refractivity contribution in [1.29, 1.82) is 0 Å². The van der Waals surface area contributed by atoms with Crippen LogP contribution in [-0.4, -0.2) is 13.2 Å². The Kier molecular flexibility index (Phi) is 5.97. The molecule has 2 aromatic carbocycles. The van der Waals surface area contributed by atoms with Gasteiger partial charge in [-0.25, -0.2) is 0 Å². The van der Waals surface area contributed by atoms with E-state index in [4.69, 9.17) is 10.5 Å². The van der Waals surface area contributed by atoms with Crippen molar-refractivity contribution in [2.24, 2.45) is 5.73 Å². The van der Waals surface area contributed by atoms with Gasteiger partial charge in [0.05, 0.1) is 0 Å². The highest BCUT2D eigenvalue weighted by Gasteiger charge is 2.34. The average Bonchev–Trinajstić information content (AvgIpc) is 2.56. The van der Waals surface area contributed by atoms with Crippen molar-refractivity contribution in [2.45, 2.75) is 31.8 Å². The Morgan fingerprint density at radius 1 is 0.905 bits per heavy atom. The molecule has 2 rings (SSSR count). The van der Waals surface area contributed by atoms with E-state index < -0.39 is 5.60 Å². The van der Waals surface area contributed by atoms with Crippen molar-refractivity contribution in [3.63, 3.8) is 0 Å². The van der Waals surface area contributed by atoms with E-state index in [-0.39, 0.29) is 0 Å². The SMILES string of the molecule is CCCCOC(CCN)(c1ccccc1)c1ccccc1. The summed E-state index contributed by atoms with van der Waals surface area (Å²) in [7, 11) is 0. The van der Waals surface area contributed by atoms with Crippen LogP contribution in [-0.2, 0) is 10.3 Å². The van der Waals surface area contributed by atoms with Crippen LogP contribution in [0.5, 0.6) is 0 Å². The molecule has 2 aromatic rings. The molecule has 0 amide bonds. The van der Waals surface area contributed by atoms with Crippen LogP contribution in [0.2, 0.25) is 0 Å². The third-order valence-electron chi connectivity index (χ3n) is 3.82. The third kappa shape index (κ3) is 3.72. The first kappa shape index (κ1) is 15.7. The molecule has 112 valence electrons. The Morgan fingerprint density at radius 3 is 1.86 bits per heavy atom. The number of unbranched alkanes of at least 4 members (excludes halogenated alkanes) is 1. The van der Waals surface area contributed by atoms with E-state index in [1.54, 1.807) is 0 Å². The van der Waals surface area contributed by atoms with Gasteiger partial charge in [0.25, 0.3) is 0 Å². The van der Waals surface area contributed by atoms with Gasteiger partial charge in [-0.3, -0.25) is 0 Å². The molecule has 0 radical (unpaired) electrons. The van der Waals surface area contributed by atoms with Crippen molar-refractivity contribution in [3.8, 4) is 0 Å². The number of benzene rings is 2. The largest absolute Gasteiger partial charge is 0.365 e. The second-order valence-electron chi connectivity index (χ2n) is 5.30. The van der Waals surface area contributed by atoms with Gasteiger partial charge in [-0.05, 0) is 30.5 Å². The maximum absolute atomic E-state index is 6.40. The van der Waals surface area contributed by atoms with Crippen LogP contribution in [0.15, 0.2) is 60.7 Å². The Morgan fingerprint density at radius 2 is 1.43 bits per heavy atom. The maximum Gasteiger partial charge on any atom is 0.119 e. The van der Waals surface area contributed by atoms with Gasteiger partial charge < -0.3 is 10.5 Å². The Bertz CT molecular complexity index is 470. The molecular weight excluding hydrogens is 258 g/mol. The van der Waals surface area contributed by atoms with Crippen LogP contribution in [0.3, 0.4) is 0 Å². The minimum absolute atomic E-state index is 0.438. The summed E-state index contributed by atoms with van der Waals surface area (Å²) in [4.78, 5) is 0. The Labute approximate surface area is 127 Å². The molecule has 0 aromatic heterocycles. The van der Waals surface area contributed by atoms with E-state index in [2.05, 4.69) is 55.5 Å². The lowest BCUT2D eigenvalue weighted by molar-refractivity contribution is -0.0244. The van der Waals surface area contributed by atoms with E-state index in [0.717, 1.165) is 25.9 Å². The monoisotopic (exact) mass is 283 g/mol. The maximum atomic E-state index is 6.40. The average molecular weight is 283 g/mol. The van der Waals surface area contributed by atoms with Gasteiger partial charge in [-0.15, -0.1) is 0 Å². The summed E-state index contributed by atoms with van der Waals surface area (Å²) >= 11 is 0. The molecule has 21 heavy (non-hydrogen) atoms. The van der Waals surface area contributed by atoms with Crippen LogP contribution in [0.4, 0.5) is 0 Å². The summed E-state index contributed by atoms with van der Waals surface area (Å²) < 4.78 is 6.40. The summed E-state index contributed by atoms with van der Waals surface area (Å²) in [5.41, 5.74) is 7.83. The van der Waals surface area contributed by atoms with Crippen LogP contribution >= 0.6 is 0 Å². The molecule has 0 bridgehead atoms. The fourth-order valence-electron chi connectivity index (χ4n) is 2.70. The van der Waals surface area contributed by atoms with Gasteiger partial charge in [-0.2, -0.15) is 0 Å². The predicted octanol–water partition coefficient (Wildman–Crippen LogP) is 4.10. The van der Waals surface area contributed by atoms with Crippen molar-refractivity contribution in [2.75, 3.05) is 13.2 Å².